The van der Waals surface area contributed by atoms with Gasteiger partial charge in [-0.3, -0.25) is 9.00 Å². The fourth-order valence-corrected chi connectivity index (χ4v) is 3.24. The highest BCUT2D eigenvalue weighted by Crippen LogP contribution is 2.14. The molecule has 1 fully saturated rings. The van der Waals surface area contributed by atoms with Gasteiger partial charge in [0.25, 0.3) is 0 Å². The minimum atomic E-state index is -1.07. The molecule has 1 atom stereocenters. The van der Waals surface area contributed by atoms with Gasteiger partial charge in [-0.05, 0) is 18.1 Å². The number of primary amides is 1. The minimum absolute atomic E-state index is 0.130. The predicted octanol–water partition coefficient (Wildman–Crippen LogP) is 0.393. The number of hydrogen-bond acceptors (Lipinski definition) is 3. The summed E-state index contributed by atoms with van der Waals surface area (Å²) in [7, 11) is -1.07. The molecule has 1 aliphatic heterocycles. The first-order valence-electron chi connectivity index (χ1n) is 5.70. The van der Waals surface area contributed by atoms with E-state index >= 15 is 0 Å². The van der Waals surface area contributed by atoms with E-state index in [4.69, 9.17) is 5.73 Å². The van der Waals surface area contributed by atoms with Crippen LogP contribution < -0.4 is 11.1 Å². The lowest BCUT2D eigenvalue weighted by atomic mass is 10.1. The molecule has 1 amide bonds. The second-order valence-electron chi connectivity index (χ2n) is 4.45. The summed E-state index contributed by atoms with van der Waals surface area (Å²) in [5.41, 5.74) is 5.55. The third-order valence-corrected chi connectivity index (χ3v) is 4.42. The third-order valence-electron chi connectivity index (χ3n) is 2.94. The molecule has 0 aliphatic carbocycles. The fourth-order valence-electron chi connectivity index (χ4n) is 1.78. The molecule has 0 saturated carbocycles. The number of hydrogen-bond donors (Lipinski definition) is 2. The molecule has 6 heteroatoms. The van der Waals surface area contributed by atoms with Crippen LogP contribution >= 0.6 is 0 Å². The summed E-state index contributed by atoms with van der Waals surface area (Å²) in [6.45, 7) is 1.77. The Morgan fingerprint density at radius 3 is 2.72 bits per heavy atom. The van der Waals surface area contributed by atoms with Gasteiger partial charge in [0.1, 0.15) is 5.82 Å². The first-order valence-corrected chi connectivity index (χ1v) is 7.19. The molecule has 3 N–H and O–H groups in total. The summed E-state index contributed by atoms with van der Waals surface area (Å²) in [5, 5.41) is 3.10. The van der Waals surface area contributed by atoms with Crippen LogP contribution in [0.5, 0.6) is 0 Å². The highest BCUT2D eigenvalue weighted by molar-refractivity contribution is 7.84. The maximum atomic E-state index is 13.6. The van der Waals surface area contributed by atoms with E-state index in [1.807, 2.05) is 0 Å². The highest BCUT2D eigenvalue weighted by Gasteiger charge is 2.20. The van der Waals surface area contributed by atoms with Crippen LogP contribution in [-0.4, -0.2) is 29.0 Å². The Hall–Kier alpha value is -1.27. The zero-order valence-electron chi connectivity index (χ0n) is 9.82. The number of nitrogens with one attached hydrogen (secondary N) is 1. The first kappa shape index (κ1) is 13.2. The van der Waals surface area contributed by atoms with Crippen molar-refractivity contribution in [1.82, 2.24) is 5.32 Å². The molecule has 1 aliphatic rings. The van der Waals surface area contributed by atoms with Crippen LogP contribution in [0.1, 0.15) is 15.9 Å². The maximum Gasteiger partial charge on any atom is 0.248 e. The topological polar surface area (TPSA) is 72.2 Å². The van der Waals surface area contributed by atoms with Crippen LogP contribution in [-0.2, 0) is 16.6 Å². The van der Waals surface area contributed by atoms with Gasteiger partial charge in [-0.1, -0.05) is 6.07 Å². The van der Waals surface area contributed by atoms with Crippen LogP contribution in [0.15, 0.2) is 18.2 Å². The average Bonchev–Trinajstić information content (AvgIpc) is 2.26. The molecule has 1 unspecified atom stereocenters. The van der Waals surface area contributed by atoms with Crippen LogP contribution in [0.4, 0.5) is 4.39 Å². The Bertz CT molecular complexity index is 489. The number of nitrogens with two attached hydrogens (primary N) is 1. The van der Waals surface area contributed by atoms with Gasteiger partial charge in [0.2, 0.25) is 5.91 Å². The zero-order valence-corrected chi connectivity index (χ0v) is 10.6. The van der Waals surface area contributed by atoms with Crippen LogP contribution in [0.2, 0.25) is 0 Å². The quantitative estimate of drug-likeness (QED) is 0.813. The highest BCUT2D eigenvalue weighted by atomic mass is 32.2. The van der Waals surface area contributed by atoms with Crippen LogP contribution in [0, 0.1) is 11.7 Å². The smallest absolute Gasteiger partial charge is 0.248 e. The Morgan fingerprint density at radius 1 is 1.50 bits per heavy atom. The number of carbonyl (C=O) groups is 1. The lowest BCUT2D eigenvalue weighted by molar-refractivity contribution is 0.1000. The van der Waals surface area contributed by atoms with Gasteiger partial charge >= 0.3 is 0 Å². The summed E-state index contributed by atoms with van der Waals surface area (Å²) in [6.07, 6.45) is 0. The summed E-state index contributed by atoms with van der Waals surface area (Å²) in [6, 6.07) is 4.04. The van der Waals surface area contributed by atoms with Crippen molar-refractivity contribution in [3.63, 3.8) is 0 Å². The van der Waals surface area contributed by atoms with Gasteiger partial charge in [0.05, 0.1) is 5.75 Å². The van der Waals surface area contributed by atoms with Gasteiger partial charge in [0, 0.05) is 40.8 Å². The van der Waals surface area contributed by atoms with E-state index in [1.165, 1.54) is 12.1 Å². The lowest BCUT2D eigenvalue weighted by Crippen LogP contribution is -2.44. The molecular formula is C12H15FN2O2S. The van der Waals surface area contributed by atoms with E-state index in [0.717, 1.165) is 19.2 Å². The maximum absolute atomic E-state index is 13.6. The second-order valence-corrected chi connectivity index (χ2v) is 5.95. The lowest BCUT2D eigenvalue weighted by Gasteiger charge is -2.26. The minimum Gasteiger partial charge on any atom is -0.366 e. The van der Waals surface area contributed by atoms with E-state index < -0.39 is 22.5 Å². The fraction of sp³-hybridized carbons (Fsp3) is 0.417. The Labute approximate surface area is 107 Å². The van der Waals surface area contributed by atoms with Crippen molar-refractivity contribution in [2.75, 3.05) is 18.8 Å². The van der Waals surface area contributed by atoms with E-state index in [2.05, 4.69) is 5.32 Å². The van der Waals surface area contributed by atoms with Gasteiger partial charge in [-0.15, -0.1) is 0 Å². The number of amides is 1. The zero-order chi connectivity index (χ0) is 13.1. The standard InChI is InChI=1S/C12H15FN2O2S/c13-11-3-9(12(14)16)1-2-10(11)7-18(17)6-8-4-15-5-8/h1-3,8,15H,4-7H2,(H2,14,16). The summed E-state index contributed by atoms with van der Waals surface area (Å²) in [5.74, 6) is 0.0121. The van der Waals surface area contributed by atoms with Gasteiger partial charge < -0.3 is 11.1 Å². The van der Waals surface area contributed by atoms with Crippen molar-refractivity contribution < 1.29 is 13.4 Å². The normalized spacial score (nSPS) is 17.2. The molecule has 0 bridgehead atoms. The van der Waals surface area contributed by atoms with Gasteiger partial charge in [-0.25, -0.2) is 4.39 Å². The summed E-state index contributed by atoms with van der Waals surface area (Å²) < 4.78 is 25.5. The molecule has 2 rings (SSSR count). The van der Waals surface area contributed by atoms with E-state index in [1.54, 1.807) is 0 Å². The number of rotatable bonds is 5. The molecule has 18 heavy (non-hydrogen) atoms. The number of benzene rings is 1. The van der Waals surface area contributed by atoms with Crippen LogP contribution in [0.25, 0.3) is 0 Å². The monoisotopic (exact) mass is 270 g/mol. The van der Waals surface area contributed by atoms with E-state index in [0.29, 0.717) is 17.2 Å². The summed E-state index contributed by atoms with van der Waals surface area (Å²) in [4.78, 5) is 10.9. The van der Waals surface area contributed by atoms with Crippen molar-refractivity contribution >= 4 is 16.7 Å². The van der Waals surface area contributed by atoms with Crippen molar-refractivity contribution in [3.8, 4) is 0 Å². The second kappa shape index (κ2) is 5.58. The molecule has 1 saturated heterocycles. The van der Waals surface area contributed by atoms with Crippen molar-refractivity contribution in [2.24, 2.45) is 11.7 Å². The van der Waals surface area contributed by atoms with Crippen molar-refractivity contribution in [2.45, 2.75) is 5.75 Å². The molecule has 1 aromatic rings. The Balaban J connectivity index is 2.00. The molecule has 1 heterocycles. The molecule has 98 valence electrons. The molecule has 1 aromatic carbocycles. The SMILES string of the molecule is NC(=O)c1ccc(CS(=O)CC2CNC2)c(F)c1. The van der Waals surface area contributed by atoms with Gasteiger partial charge in [0.15, 0.2) is 0 Å². The molecular weight excluding hydrogens is 255 g/mol. The third kappa shape index (κ3) is 3.14. The number of halogens is 1. The molecule has 0 spiro atoms. The van der Waals surface area contributed by atoms with Crippen LogP contribution in [0.3, 0.4) is 0 Å². The largest absolute Gasteiger partial charge is 0.366 e. The average molecular weight is 270 g/mol. The van der Waals surface area contributed by atoms with Crippen molar-refractivity contribution in [1.29, 1.82) is 0 Å². The Kier molecular flexibility index (Phi) is 4.08. The molecule has 4 nitrogen and oxygen atoms in total. The van der Waals surface area contributed by atoms with Crippen molar-refractivity contribution in [3.05, 3.63) is 35.1 Å². The van der Waals surface area contributed by atoms with E-state index in [-0.39, 0.29) is 11.3 Å². The molecule has 0 aromatic heterocycles. The van der Waals surface area contributed by atoms with Gasteiger partial charge in [-0.2, -0.15) is 0 Å². The summed E-state index contributed by atoms with van der Waals surface area (Å²) >= 11 is 0. The number of carbonyl (C=O) groups excluding carboxylic acids is 1. The predicted molar refractivity (Wildman–Crippen MR) is 68.0 cm³/mol. The first-order chi connectivity index (χ1) is 8.56. The Morgan fingerprint density at radius 2 is 2.22 bits per heavy atom. The van der Waals surface area contributed by atoms with E-state index in [9.17, 15) is 13.4 Å². The molecule has 0 radical (unpaired) electrons.